The van der Waals surface area contributed by atoms with E-state index in [4.69, 9.17) is 10.2 Å². The minimum Gasteiger partial charge on any atom is -0.395 e. The molecule has 0 radical (unpaired) electrons. The number of anilines is 2. The number of unbranched alkanes of at least 4 members (excludes halogenated alkanes) is 2. The Morgan fingerprint density at radius 3 is 1.59 bits per heavy atom. The summed E-state index contributed by atoms with van der Waals surface area (Å²) in [5.74, 6) is 2.32. The van der Waals surface area contributed by atoms with Gasteiger partial charge in [-0.3, -0.25) is 0 Å². The summed E-state index contributed by atoms with van der Waals surface area (Å²) in [6.07, 6.45) is 24.8. The molecule has 0 unspecified atom stereocenters. The van der Waals surface area contributed by atoms with Crippen LogP contribution >= 0.6 is 21.6 Å². The van der Waals surface area contributed by atoms with E-state index in [1.54, 1.807) is 6.08 Å². The van der Waals surface area contributed by atoms with Crippen molar-refractivity contribution >= 4 is 51.2 Å². The van der Waals surface area contributed by atoms with Crippen LogP contribution in [0.15, 0.2) is 176 Å². The molecule has 61 heavy (non-hydrogen) atoms. The van der Waals surface area contributed by atoms with E-state index in [2.05, 4.69) is 167 Å². The Kier molecular flexibility index (Phi) is 21.7. The van der Waals surface area contributed by atoms with Gasteiger partial charge in [-0.05, 0) is 95.6 Å². The van der Waals surface area contributed by atoms with Gasteiger partial charge in [-0.1, -0.05) is 150 Å². The van der Waals surface area contributed by atoms with E-state index < -0.39 is 0 Å². The number of aliphatic hydroxyl groups excluding tert-OH is 2. The Balaban J connectivity index is 1.05. The molecule has 0 bridgehead atoms. The van der Waals surface area contributed by atoms with Gasteiger partial charge in [-0.15, -0.1) is 0 Å². The summed E-state index contributed by atoms with van der Waals surface area (Å²) in [6, 6.07) is 43.5. The Bertz CT molecular complexity index is 2070. The van der Waals surface area contributed by atoms with Crippen molar-refractivity contribution in [3.8, 4) is 0 Å². The first kappa shape index (κ1) is 46.8. The molecule has 6 nitrogen and oxygen atoms in total. The zero-order valence-corrected chi connectivity index (χ0v) is 37.1. The molecule has 0 aliphatic rings. The van der Waals surface area contributed by atoms with Crippen LogP contribution < -0.4 is 19.7 Å². The van der Waals surface area contributed by atoms with Crippen LogP contribution in [-0.2, 0) is 19.6 Å². The number of benzene rings is 4. The predicted molar refractivity (Wildman–Crippen MR) is 265 cm³/mol. The van der Waals surface area contributed by atoms with Gasteiger partial charge in [-0.2, -0.15) is 0 Å². The standard InChI is InChI=1S/C53H63N4O2S2/c1-2-13-46(30-33-54-34-40-58)18-19-47-22-26-52(27-23-47)56(44-50-14-5-3-6-15-50)35-9-11-42-60-61-43-12-10-36-57(45-51-16-7-4-8-17-51)53-28-24-48(25-29-53)20-21-49-31-37-55(38-32-49)39-41-59/h2-8,13-33,37-38,54,58-59H,1,9-12,34-36,39-45H2/q+1. The smallest absolute Gasteiger partial charge is 0.171 e. The van der Waals surface area contributed by atoms with Crippen molar-refractivity contribution in [1.29, 1.82) is 0 Å². The predicted octanol–water partition coefficient (Wildman–Crippen LogP) is 11.0. The first-order chi connectivity index (χ1) is 30.1. The van der Waals surface area contributed by atoms with Crippen molar-refractivity contribution in [2.75, 3.05) is 54.2 Å². The highest BCUT2D eigenvalue weighted by molar-refractivity contribution is 8.76. The lowest BCUT2D eigenvalue weighted by molar-refractivity contribution is -0.698. The zero-order valence-electron chi connectivity index (χ0n) is 35.5. The summed E-state index contributed by atoms with van der Waals surface area (Å²) in [5, 5.41) is 21.2. The number of aliphatic hydroxyl groups is 2. The summed E-state index contributed by atoms with van der Waals surface area (Å²) in [6.45, 7) is 9.05. The summed E-state index contributed by atoms with van der Waals surface area (Å²) in [7, 11) is 4.04. The number of aromatic nitrogens is 1. The van der Waals surface area contributed by atoms with Gasteiger partial charge in [0.2, 0.25) is 0 Å². The van der Waals surface area contributed by atoms with E-state index in [0.29, 0.717) is 13.1 Å². The van der Waals surface area contributed by atoms with E-state index in [0.717, 1.165) is 67.2 Å². The maximum absolute atomic E-state index is 9.17. The fourth-order valence-corrected chi connectivity index (χ4v) is 8.97. The van der Waals surface area contributed by atoms with Crippen LogP contribution in [0.1, 0.15) is 53.5 Å². The molecular formula is C53H63N4O2S2+. The normalized spacial score (nSPS) is 11.8. The molecule has 1 heterocycles. The highest BCUT2D eigenvalue weighted by Gasteiger charge is 2.10. The van der Waals surface area contributed by atoms with Crippen LogP contribution in [0.2, 0.25) is 0 Å². The number of nitrogens with one attached hydrogen (secondary N) is 1. The highest BCUT2D eigenvalue weighted by Crippen LogP contribution is 2.26. The molecule has 4 aromatic carbocycles. The van der Waals surface area contributed by atoms with E-state index in [1.807, 2.05) is 56.9 Å². The van der Waals surface area contributed by atoms with Gasteiger partial charge in [0.15, 0.2) is 18.9 Å². The zero-order chi connectivity index (χ0) is 42.6. The molecular weight excluding hydrogens is 789 g/mol. The number of pyridine rings is 1. The van der Waals surface area contributed by atoms with Crippen LogP contribution in [0.4, 0.5) is 11.4 Å². The highest BCUT2D eigenvalue weighted by atomic mass is 33.1. The molecule has 1 aromatic heterocycles. The quantitative estimate of drug-likeness (QED) is 0.0201. The number of hydrogen-bond acceptors (Lipinski definition) is 7. The van der Waals surface area contributed by atoms with Gasteiger partial charge >= 0.3 is 0 Å². The van der Waals surface area contributed by atoms with Crippen LogP contribution in [0.5, 0.6) is 0 Å². The van der Waals surface area contributed by atoms with Crippen LogP contribution in [0.3, 0.4) is 0 Å². The van der Waals surface area contributed by atoms with Gasteiger partial charge in [-0.25, -0.2) is 4.57 Å². The molecule has 0 atom stereocenters. The lowest BCUT2D eigenvalue weighted by Gasteiger charge is -2.25. The third kappa shape index (κ3) is 18.1. The molecule has 0 saturated carbocycles. The monoisotopic (exact) mass is 851 g/mol. The van der Waals surface area contributed by atoms with Crippen molar-refractivity contribution in [1.82, 2.24) is 5.32 Å². The first-order valence-electron chi connectivity index (χ1n) is 21.5. The molecule has 3 N–H and O–H groups in total. The molecule has 0 spiro atoms. The molecule has 8 heteroatoms. The molecule has 0 fully saturated rings. The maximum atomic E-state index is 9.17. The van der Waals surface area contributed by atoms with Crippen LogP contribution in [-0.4, -0.2) is 54.6 Å². The van der Waals surface area contributed by atoms with E-state index >= 15 is 0 Å². The minimum absolute atomic E-state index is 0.103. The molecule has 0 saturated heterocycles. The minimum atomic E-state index is 0.103. The lowest BCUT2D eigenvalue weighted by Crippen LogP contribution is -2.34. The average molecular weight is 852 g/mol. The third-order valence-corrected chi connectivity index (χ3v) is 12.6. The summed E-state index contributed by atoms with van der Waals surface area (Å²) in [4.78, 5) is 5.02. The topological polar surface area (TPSA) is 62.9 Å². The van der Waals surface area contributed by atoms with Gasteiger partial charge < -0.3 is 25.3 Å². The average Bonchev–Trinajstić information content (AvgIpc) is 3.30. The number of rotatable bonds is 28. The van der Waals surface area contributed by atoms with Crippen molar-refractivity contribution < 1.29 is 14.8 Å². The lowest BCUT2D eigenvalue weighted by atomic mass is 10.1. The largest absolute Gasteiger partial charge is 0.395 e. The van der Waals surface area contributed by atoms with E-state index in [-0.39, 0.29) is 13.2 Å². The summed E-state index contributed by atoms with van der Waals surface area (Å²) < 4.78 is 1.98. The fourth-order valence-electron chi connectivity index (χ4n) is 6.68. The molecule has 0 amide bonds. The first-order valence-corrected chi connectivity index (χ1v) is 23.9. The Morgan fingerprint density at radius 1 is 0.590 bits per heavy atom. The number of hydrogen-bond donors (Lipinski definition) is 3. The van der Waals surface area contributed by atoms with Crippen LogP contribution in [0, 0.1) is 0 Å². The fraction of sp³-hybridized carbons (Fsp3) is 0.264. The maximum Gasteiger partial charge on any atom is 0.171 e. The molecule has 5 aromatic rings. The second-order valence-corrected chi connectivity index (χ2v) is 17.4. The Labute approximate surface area is 373 Å². The van der Waals surface area contributed by atoms with E-state index in [1.165, 1.54) is 40.9 Å². The van der Waals surface area contributed by atoms with E-state index in [9.17, 15) is 0 Å². The Morgan fingerprint density at radius 2 is 1.10 bits per heavy atom. The van der Waals surface area contributed by atoms with Gasteiger partial charge in [0.25, 0.3) is 0 Å². The molecule has 0 aliphatic heterocycles. The van der Waals surface area contributed by atoms with Gasteiger partial charge in [0, 0.05) is 67.7 Å². The summed E-state index contributed by atoms with van der Waals surface area (Å²) in [5.41, 5.74) is 9.63. The second kappa shape index (κ2) is 28.3. The van der Waals surface area contributed by atoms with Crippen molar-refractivity contribution in [3.05, 3.63) is 204 Å². The van der Waals surface area contributed by atoms with Crippen molar-refractivity contribution in [3.63, 3.8) is 0 Å². The Hall–Kier alpha value is -5.25. The summed E-state index contributed by atoms with van der Waals surface area (Å²) >= 11 is 0. The van der Waals surface area contributed by atoms with Crippen molar-refractivity contribution in [2.45, 2.75) is 45.3 Å². The molecule has 318 valence electrons. The van der Waals surface area contributed by atoms with Gasteiger partial charge in [0.05, 0.1) is 6.61 Å². The number of allylic oxidation sites excluding steroid dienone is 5. The number of nitrogens with zero attached hydrogens (tertiary/aromatic N) is 3. The van der Waals surface area contributed by atoms with Gasteiger partial charge in [0.1, 0.15) is 6.61 Å². The molecule has 5 rings (SSSR count). The third-order valence-electron chi connectivity index (χ3n) is 10.0. The molecule has 0 aliphatic carbocycles. The van der Waals surface area contributed by atoms with Crippen molar-refractivity contribution in [2.24, 2.45) is 0 Å². The second-order valence-electron chi connectivity index (χ2n) is 14.7. The SMILES string of the molecule is C=CC=C(C=CNCCO)C=Cc1ccc(N(CCCCSSCCCCN(Cc2ccccc2)c2ccc(C=Cc3cc[n+](CCO)cc3)cc2)Cc2ccccc2)cc1. The van der Waals surface area contributed by atoms with Crippen LogP contribution in [0.25, 0.3) is 18.2 Å².